The number of carbonyl (C=O) groups excluding carboxylic acids is 1. The maximum Gasteiger partial charge on any atom is 0.230 e. The van der Waals surface area contributed by atoms with Gasteiger partial charge in [0, 0.05) is 44.0 Å². The molecule has 4 rings (SSSR count). The van der Waals surface area contributed by atoms with Crippen molar-refractivity contribution in [3.63, 3.8) is 0 Å². The summed E-state index contributed by atoms with van der Waals surface area (Å²) < 4.78 is 0. The smallest absolute Gasteiger partial charge is 0.230 e. The molecule has 1 amide bonds. The molecule has 0 atom stereocenters. The second-order valence-corrected chi connectivity index (χ2v) is 7.36. The fraction of sp³-hybridized carbons (Fsp3) is 0.250. The predicted octanol–water partition coefficient (Wildman–Crippen LogP) is 3.54. The van der Waals surface area contributed by atoms with Gasteiger partial charge in [0.1, 0.15) is 0 Å². The predicted molar refractivity (Wildman–Crippen MR) is 105 cm³/mol. The Balaban J connectivity index is 1.80. The maximum absolute atomic E-state index is 12.6. The number of aromatic nitrogens is 2. The number of hydrogen-bond donors (Lipinski definition) is 0. The van der Waals surface area contributed by atoms with Crippen LogP contribution >= 0.6 is 11.3 Å². The van der Waals surface area contributed by atoms with Crippen LogP contribution in [0, 0.1) is 0 Å². The molecule has 1 aromatic carbocycles. The van der Waals surface area contributed by atoms with Gasteiger partial charge in [0.25, 0.3) is 0 Å². The van der Waals surface area contributed by atoms with Crippen LogP contribution in [0.5, 0.6) is 0 Å². The first-order valence-corrected chi connectivity index (χ1v) is 9.49. The van der Waals surface area contributed by atoms with Gasteiger partial charge in [-0.3, -0.25) is 14.7 Å². The standard InChI is InChI=1S/C20H20N4OS/c1-23-11-9-17(25)24(13-12-23)20-22-18(16-8-5-10-21-14-16)19(26-20)15-6-3-2-4-7-15/h2-8,10,14H,9,11-13H2,1H3. The molecule has 5 nitrogen and oxygen atoms in total. The number of benzene rings is 1. The highest BCUT2D eigenvalue weighted by atomic mass is 32.1. The van der Waals surface area contributed by atoms with E-state index in [0.29, 0.717) is 13.0 Å². The molecule has 0 aliphatic carbocycles. The van der Waals surface area contributed by atoms with Crippen LogP contribution in [0.2, 0.25) is 0 Å². The highest BCUT2D eigenvalue weighted by Crippen LogP contribution is 2.40. The number of carbonyl (C=O) groups is 1. The molecule has 0 saturated carbocycles. The molecule has 0 radical (unpaired) electrons. The van der Waals surface area contributed by atoms with Gasteiger partial charge >= 0.3 is 0 Å². The van der Waals surface area contributed by atoms with E-state index in [9.17, 15) is 4.79 Å². The lowest BCUT2D eigenvalue weighted by atomic mass is 10.1. The number of pyridine rings is 1. The van der Waals surface area contributed by atoms with Crippen LogP contribution in [0.4, 0.5) is 5.13 Å². The molecule has 0 spiro atoms. The summed E-state index contributed by atoms with van der Waals surface area (Å²) in [6.07, 6.45) is 4.11. The topological polar surface area (TPSA) is 49.3 Å². The summed E-state index contributed by atoms with van der Waals surface area (Å²) in [6, 6.07) is 14.1. The fourth-order valence-electron chi connectivity index (χ4n) is 3.04. The minimum atomic E-state index is 0.139. The third-order valence-corrected chi connectivity index (χ3v) is 5.66. The average Bonchev–Trinajstić information content (AvgIpc) is 3.05. The molecule has 0 unspecified atom stereocenters. The first-order chi connectivity index (χ1) is 12.7. The van der Waals surface area contributed by atoms with E-state index in [4.69, 9.17) is 4.98 Å². The molecule has 0 bridgehead atoms. The van der Waals surface area contributed by atoms with Crippen molar-refractivity contribution in [1.29, 1.82) is 0 Å². The van der Waals surface area contributed by atoms with Crippen molar-refractivity contribution in [2.75, 3.05) is 31.6 Å². The van der Waals surface area contributed by atoms with Crippen molar-refractivity contribution in [2.45, 2.75) is 6.42 Å². The third-order valence-electron chi connectivity index (χ3n) is 4.53. The zero-order valence-corrected chi connectivity index (χ0v) is 15.4. The molecule has 1 saturated heterocycles. The van der Waals surface area contributed by atoms with Crippen LogP contribution in [0.25, 0.3) is 21.7 Å². The Labute approximate surface area is 156 Å². The van der Waals surface area contributed by atoms with Gasteiger partial charge in [-0.25, -0.2) is 4.98 Å². The van der Waals surface area contributed by atoms with Crippen molar-refractivity contribution < 1.29 is 4.79 Å². The summed E-state index contributed by atoms with van der Waals surface area (Å²) >= 11 is 1.58. The summed E-state index contributed by atoms with van der Waals surface area (Å²) in [4.78, 5) is 26.8. The van der Waals surface area contributed by atoms with Gasteiger partial charge in [-0.15, -0.1) is 0 Å². The van der Waals surface area contributed by atoms with E-state index in [1.54, 1.807) is 17.5 Å². The van der Waals surface area contributed by atoms with Crippen LogP contribution in [-0.2, 0) is 4.79 Å². The maximum atomic E-state index is 12.6. The molecule has 6 heteroatoms. The van der Waals surface area contributed by atoms with E-state index in [0.717, 1.165) is 39.9 Å². The molecule has 0 N–H and O–H groups in total. The minimum Gasteiger partial charge on any atom is -0.304 e. The molecule has 3 aromatic rings. The zero-order chi connectivity index (χ0) is 17.9. The lowest BCUT2D eigenvalue weighted by Gasteiger charge is -2.17. The Morgan fingerprint density at radius 2 is 1.81 bits per heavy atom. The SMILES string of the molecule is CN1CCC(=O)N(c2nc(-c3cccnc3)c(-c3ccccc3)s2)CC1. The Hall–Kier alpha value is -2.57. The Bertz CT molecular complexity index is 838. The summed E-state index contributed by atoms with van der Waals surface area (Å²) in [7, 11) is 2.05. The van der Waals surface area contributed by atoms with Crippen molar-refractivity contribution in [2.24, 2.45) is 0 Å². The highest BCUT2D eigenvalue weighted by Gasteiger charge is 2.25. The quantitative estimate of drug-likeness (QED) is 0.713. The minimum absolute atomic E-state index is 0.139. The van der Waals surface area contributed by atoms with Crippen molar-refractivity contribution >= 4 is 22.4 Å². The van der Waals surface area contributed by atoms with Crippen LogP contribution < -0.4 is 4.90 Å². The van der Waals surface area contributed by atoms with Gasteiger partial charge in [-0.1, -0.05) is 41.7 Å². The number of thiazole rings is 1. The van der Waals surface area contributed by atoms with Crippen LogP contribution in [0.3, 0.4) is 0 Å². The summed E-state index contributed by atoms with van der Waals surface area (Å²) in [6.45, 7) is 2.32. The molecule has 1 fully saturated rings. The van der Waals surface area contributed by atoms with Gasteiger partial charge < -0.3 is 4.90 Å². The number of rotatable bonds is 3. The van der Waals surface area contributed by atoms with Crippen molar-refractivity contribution in [3.8, 4) is 21.7 Å². The van der Waals surface area contributed by atoms with Crippen LogP contribution in [-0.4, -0.2) is 47.5 Å². The third kappa shape index (κ3) is 3.38. The van der Waals surface area contributed by atoms with E-state index < -0.39 is 0 Å². The summed E-state index contributed by atoms with van der Waals surface area (Å²) in [5.41, 5.74) is 2.96. The van der Waals surface area contributed by atoms with Gasteiger partial charge in [0.2, 0.25) is 5.91 Å². The van der Waals surface area contributed by atoms with Crippen molar-refractivity contribution in [1.82, 2.24) is 14.9 Å². The van der Waals surface area contributed by atoms with Gasteiger partial charge in [-0.2, -0.15) is 0 Å². The number of likely N-dealkylation sites (N-methyl/N-ethyl adjacent to an activating group) is 1. The molecule has 3 heterocycles. The number of hydrogen-bond acceptors (Lipinski definition) is 5. The second kappa shape index (κ2) is 7.35. The number of anilines is 1. The number of amides is 1. The average molecular weight is 364 g/mol. The van der Waals surface area contributed by atoms with Crippen LogP contribution in [0.15, 0.2) is 54.9 Å². The largest absolute Gasteiger partial charge is 0.304 e. The molecular formula is C20H20N4OS. The first kappa shape index (κ1) is 16.9. The lowest BCUT2D eigenvalue weighted by molar-refractivity contribution is -0.118. The van der Waals surface area contributed by atoms with E-state index in [1.165, 1.54) is 0 Å². The first-order valence-electron chi connectivity index (χ1n) is 8.68. The normalized spacial score (nSPS) is 15.9. The second-order valence-electron chi connectivity index (χ2n) is 6.38. The van der Waals surface area contributed by atoms with Gasteiger partial charge in [-0.05, 0) is 24.7 Å². The molecule has 2 aromatic heterocycles. The molecule has 1 aliphatic rings. The number of nitrogens with zero attached hydrogens (tertiary/aromatic N) is 4. The Morgan fingerprint density at radius 3 is 2.58 bits per heavy atom. The van der Waals surface area contributed by atoms with Crippen molar-refractivity contribution in [3.05, 3.63) is 54.9 Å². The molecular weight excluding hydrogens is 344 g/mol. The molecule has 132 valence electrons. The highest BCUT2D eigenvalue weighted by molar-refractivity contribution is 7.19. The fourth-order valence-corrected chi connectivity index (χ4v) is 4.18. The van der Waals surface area contributed by atoms with Crippen LogP contribution in [0.1, 0.15) is 6.42 Å². The van der Waals surface area contributed by atoms with E-state index in [1.807, 2.05) is 41.4 Å². The van der Waals surface area contributed by atoms with E-state index >= 15 is 0 Å². The van der Waals surface area contributed by atoms with Gasteiger partial charge in [0.05, 0.1) is 10.6 Å². The molecule has 1 aliphatic heterocycles. The lowest BCUT2D eigenvalue weighted by Crippen LogP contribution is -2.32. The summed E-state index contributed by atoms with van der Waals surface area (Å²) in [5, 5.41) is 0.767. The Kier molecular flexibility index (Phi) is 4.77. The van der Waals surface area contributed by atoms with Gasteiger partial charge in [0.15, 0.2) is 5.13 Å². The van der Waals surface area contributed by atoms with E-state index in [2.05, 4.69) is 29.1 Å². The summed E-state index contributed by atoms with van der Waals surface area (Å²) in [5.74, 6) is 0.139. The molecule has 26 heavy (non-hydrogen) atoms. The monoisotopic (exact) mass is 364 g/mol. The zero-order valence-electron chi connectivity index (χ0n) is 14.6. The Morgan fingerprint density at radius 1 is 1.00 bits per heavy atom. The van der Waals surface area contributed by atoms with E-state index in [-0.39, 0.29) is 5.91 Å².